The van der Waals surface area contributed by atoms with Gasteiger partial charge in [0, 0.05) is 21.7 Å². The van der Waals surface area contributed by atoms with Gasteiger partial charge in [0.15, 0.2) is 11.5 Å². The Kier molecular flexibility index (Phi) is 10.8. The van der Waals surface area contributed by atoms with Crippen molar-refractivity contribution in [1.29, 1.82) is 0 Å². The van der Waals surface area contributed by atoms with Crippen LogP contribution in [-0.4, -0.2) is 44.8 Å². The molecule has 0 radical (unpaired) electrons. The van der Waals surface area contributed by atoms with Gasteiger partial charge >= 0.3 is 0 Å². The summed E-state index contributed by atoms with van der Waals surface area (Å²) in [5.41, 5.74) is 1.99. The van der Waals surface area contributed by atoms with E-state index < -0.39 is 11.8 Å². The summed E-state index contributed by atoms with van der Waals surface area (Å²) in [7, 11) is 4.56. The van der Waals surface area contributed by atoms with Crippen molar-refractivity contribution in [3.63, 3.8) is 0 Å². The average molecular weight is 598 g/mol. The lowest BCUT2D eigenvalue weighted by atomic mass is 10.1. The van der Waals surface area contributed by atoms with Crippen LogP contribution in [0.4, 0.5) is 11.4 Å². The summed E-state index contributed by atoms with van der Waals surface area (Å²) < 4.78 is 16.2. The third-order valence-electron chi connectivity index (χ3n) is 6.10. The second-order valence-electron chi connectivity index (χ2n) is 8.98. The Bertz CT molecular complexity index is 1620. The van der Waals surface area contributed by atoms with Crippen molar-refractivity contribution in [2.24, 2.45) is 0 Å². The molecule has 0 saturated carbocycles. The van der Waals surface area contributed by atoms with Gasteiger partial charge in [-0.1, -0.05) is 48.5 Å². The summed E-state index contributed by atoms with van der Waals surface area (Å²) in [6, 6.07) is 28.1. The van der Waals surface area contributed by atoms with E-state index in [4.69, 9.17) is 14.2 Å². The van der Waals surface area contributed by atoms with Gasteiger partial charge in [-0.3, -0.25) is 14.4 Å². The number of carbonyl (C=O) groups is 3. The minimum absolute atomic E-state index is 0.00496. The SMILES string of the molecule is COc1ccccc1NC(=O)CSc1cccc(NC(=O)/C(=C\c2cccc(OC)c2OC)NC(=O)c2ccccc2)c1. The molecule has 0 fully saturated rings. The molecule has 3 amide bonds. The smallest absolute Gasteiger partial charge is 0.272 e. The topological polar surface area (TPSA) is 115 Å². The lowest BCUT2D eigenvalue weighted by molar-refractivity contribution is -0.114. The van der Waals surface area contributed by atoms with E-state index in [1.165, 1.54) is 32.1 Å². The molecule has 4 aromatic rings. The summed E-state index contributed by atoms with van der Waals surface area (Å²) in [4.78, 5) is 39.9. The van der Waals surface area contributed by atoms with Crippen molar-refractivity contribution in [3.8, 4) is 17.2 Å². The van der Waals surface area contributed by atoms with E-state index in [1.54, 1.807) is 86.0 Å². The number of hydrogen-bond donors (Lipinski definition) is 3. The number of amides is 3. The van der Waals surface area contributed by atoms with Crippen LogP contribution in [0.2, 0.25) is 0 Å². The Hall–Kier alpha value is -5.22. The summed E-state index contributed by atoms with van der Waals surface area (Å²) in [6.45, 7) is 0. The maximum Gasteiger partial charge on any atom is 0.272 e. The zero-order valence-electron chi connectivity index (χ0n) is 23.9. The fourth-order valence-electron chi connectivity index (χ4n) is 4.07. The first kappa shape index (κ1) is 30.7. The predicted octanol–water partition coefficient (Wildman–Crippen LogP) is 5.85. The van der Waals surface area contributed by atoms with Crippen LogP contribution in [0, 0.1) is 0 Å². The lowest BCUT2D eigenvalue weighted by Crippen LogP contribution is -2.30. The molecule has 0 unspecified atom stereocenters. The third kappa shape index (κ3) is 8.40. The Morgan fingerprint density at radius 1 is 0.744 bits per heavy atom. The molecule has 0 saturated heterocycles. The minimum atomic E-state index is -0.551. The Balaban J connectivity index is 1.51. The van der Waals surface area contributed by atoms with Crippen LogP contribution in [0.3, 0.4) is 0 Å². The van der Waals surface area contributed by atoms with Gasteiger partial charge in [-0.2, -0.15) is 0 Å². The second-order valence-corrected chi connectivity index (χ2v) is 10.0. The molecule has 0 aromatic heterocycles. The quantitative estimate of drug-likeness (QED) is 0.139. The molecule has 0 aliphatic heterocycles. The maximum atomic E-state index is 13.5. The fourth-order valence-corrected chi connectivity index (χ4v) is 4.82. The van der Waals surface area contributed by atoms with Crippen molar-refractivity contribution in [3.05, 3.63) is 114 Å². The van der Waals surface area contributed by atoms with E-state index in [9.17, 15) is 14.4 Å². The van der Waals surface area contributed by atoms with E-state index in [1.807, 2.05) is 18.2 Å². The van der Waals surface area contributed by atoms with Crippen LogP contribution in [0.1, 0.15) is 15.9 Å². The van der Waals surface area contributed by atoms with Crippen LogP contribution < -0.4 is 30.2 Å². The van der Waals surface area contributed by atoms with E-state index in [2.05, 4.69) is 16.0 Å². The normalized spacial score (nSPS) is 10.8. The van der Waals surface area contributed by atoms with Crippen molar-refractivity contribution in [2.75, 3.05) is 37.7 Å². The second kappa shape index (κ2) is 15.1. The molecule has 0 aliphatic carbocycles. The van der Waals surface area contributed by atoms with Crippen LogP contribution in [0.5, 0.6) is 17.2 Å². The molecule has 4 aromatic carbocycles. The molecule has 220 valence electrons. The number of thioether (sulfide) groups is 1. The van der Waals surface area contributed by atoms with Crippen molar-refractivity contribution >= 4 is 46.9 Å². The number of carbonyl (C=O) groups excluding carboxylic acids is 3. The number of para-hydroxylation sites is 3. The first-order valence-electron chi connectivity index (χ1n) is 13.2. The number of rotatable bonds is 12. The molecule has 0 spiro atoms. The average Bonchev–Trinajstić information content (AvgIpc) is 3.04. The number of ether oxygens (including phenoxy) is 3. The number of methoxy groups -OCH3 is 3. The van der Waals surface area contributed by atoms with Crippen LogP contribution in [0.15, 0.2) is 108 Å². The molecule has 10 heteroatoms. The molecule has 0 atom stereocenters. The van der Waals surface area contributed by atoms with Gasteiger partial charge in [-0.05, 0) is 54.6 Å². The highest BCUT2D eigenvalue weighted by molar-refractivity contribution is 8.00. The largest absolute Gasteiger partial charge is 0.495 e. The number of hydrogen-bond acceptors (Lipinski definition) is 7. The van der Waals surface area contributed by atoms with Gasteiger partial charge < -0.3 is 30.2 Å². The van der Waals surface area contributed by atoms with E-state index in [0.29, 0.717) is 39.8 Å². The lowest BCUT2D eigenvalue weighted by Gasteiger charge is -2.14. The van der Waals surface area contributed by atoms with E-state index in [-0.39, 0.29) is 17.4 Å². The number of anilines is 2. The van der Waals surface area contributed by atoms with Gasteiger partial charge in [-0.15, -0.1) is 11.8 Å². The number of benzene rings is 4. The van der Waals surface area contributed by atoms with Gasteiger partial charge in [0.1, 0.15) is 11.4 Å². The Labute approximate surface area is 254 Å². The fraction of sp³-hybridized carbons (Fsp3) is 0.121. The Morgan fingerprint density at radius 3 is 2.19 bits per heavy atom. The van der Waals surface area contributed by atoms with Crippen LogP contribution in [-0.2, 0) is 9.59 Å². The zero-order valence-corrected chi connectivity index (χ0v) is 24.7. The standard InChI is InChI=1S/C33H31N3O6S/c1-40-28-17-8-7-16-26(28)35-30(37)21-43-25-15-10-14-24(20-25)34-33(39)27(36-32(38)22-11-5-4-6-12-22)19-23-13-9-18-29(41-2)31(23)42-3/h4-20H,21H2,1-3H3,(H,34,39)(H,35,37)(H,36,38)/b27-19+. The zero-order chi connectivity index (χ0) is 30.6. The highest BCUT2D eigenvalue weighted by atomic mass is 32.2. The highest BCUT2D eigenvalue weighted by Crippen LogP contribution is 2.32. The molecular weight excluding hydrogens is 566 g/mol. The maximum absolute atomic E-state index is 13.5. The van der Waals surface area contributed by atoms with Gasteiger partial charge in [-0.25, -0.2) is 0 Å². The molecule has 0 bridgehead atoms. The summed E-state index contributed by atoms with van der Waals surface area (Å²) in [6.07, 6.45) is 1.53. The van der Waals surface area contributed by atoms with Crippen LogP contribution >= 0.6 is 11.8 Å². The van der Waals surface area contributed by atoms with E-state index >= 15 is 0 Å². The van der Waals surface area contributed by atoms with E-state index in [0.717, 1.165) is 4.90 Å². The monoisotopic (exact) mass is 597 g/mol. The molecule has 0 heterocycles. The Morgan fingerprint density at radius 2 is 1.44 bits per heavy atom. The van der Waals surface area contributed by atoms with Crippen LogP contribution in [0.25, 0.3) is 6.08 Å². The molecule has 43 heavy (non-hydrogen) atoms. The van der Waals surface area contributed by atoms with Gasteiger partial charge in [0.05, 0.1) is 32.8 Å². The minimum Gasteiger partial charge on any atom is -0.495 e. The molecule has 0 aliphatic rings. The molecular formula is C33H31N3O6S. The molecule has 9 nitrogen and oxygen atoms in total. The third-order valence-corrected chi connectivity index (χ3v) is 7.10. The summed E-state index contributed by atoms with van der Waals surface area (Å²) >= 11 is 1.31. The van der Waals surface area contributed by atoms with Crippen molar-refractivity contribution in [1.82, 2.24) is 5.32 Å². The van der Waals surface area contributed by atoms with Gasteiger partial charge in [0.25, 0.3) is 11.8 Å². The van der Waals surface area contributed by atoms with Crippen molar-refractivity contribution in [2.45, 2.75) is 4.90 Å². The highest BCUT2D eigenvalue weighted by Gasteiger charge is 2.18. The summed E-state index contributed by atoms with van der Waals surface area (Å²) in [5.74, 6) is 0.396. The summed E-state index contributed by atoms with van der Waals surface area (Å²) in [5, 5.41) is 8.41. The van der Waals surface area contributed by atoms with Crippen molar-refractivity contribution < 1.29 is 28.6 Å². The first-order valence-corrected chi connectivity index (χ1v) is 14.2. The predicted molar refractivity (Wildman–Crippen MR) is 169 cm³/mol. The molecule has 3 N–H and O–H groups in total. The van der Waals surface area contributed by atoms with Gasteiger partial charge in [0.2, 0.25) is 5.91 Å². The molecule has 4 rings (SSSR count). The number of nitrogens with one attached hydrogen (secondary N) is 3. The first-order chi connectivity index (χ1) is 20.9.